The van der Waals surface area contributed by atoms with Crippen LogP contribution in [-0.4, -0.2) is 54.5 Å². The predicted octanol–water partition coefficient (Wildman–Crippen LogP) is -0.284. The van der Waals surface area contributed by atoms with Crippen molar-refractivity contribution in [3.63, 3.8) is 0 Å². The number of nitrogens with zero attached hydrogens (tertiary/aromatic N) is 4. The van der Waals surface area contributed by atoms with Crippen LogP contribution in [0.4, 0.5) is 14.6 Å². The number of hydrogen-bond donors (Lipinski definition) is 3. The maximum atomic E-state index is 14.0. The molecular weight excluding hydrogens is 312 g/mol. The van der Waals surface area contributed by atoms with E-state index in [-0.39, 0.29) is 29.4 Å². The fourth-order valence-electron chi connectivity index (χ4n) is 2.16. The van der Waals surface area contributed by atoms with E-state index in [9.17, 15) is 13.9 Å². The highest BCUT2D eigenvalue weighted by atomic mass is 35.5. The number of imidazole rings is 1. The van der Waals surface area contributed by atoms with E-state index < -0.39 is 31.0 Å². The van der Waals surface area contributed by atoms with Crippen molar-refractivity contribution < 1.29 is 23.7 Å². The van der Waals surface area contributed by atoms with Crippen molar-refractivity contribution in [3.05, 3.63) is 12.7 Å². The van der Waals surface area contributed by atoms with Gasteiger partial charge in [0.2, 0.25) is 6.23 Å². The second-order valence-corrected chi connectivity index (χ2v) is 4.41. The zero-order chi connectivity index (χ0) is 14.5. The number of anilines is 1. The Morgan fingerprint density at radius 1 is 1.38 bits per heavy atom. The number of nitrogen functional groups attached to an aromatic ring is 1. The number of nitrogens with two attached hydrogens (primary N) is 1. The number of halogens is 3. The minimum atomic E-state index is -3.60. The van der Waals surface area contributed by atoms with Crippen LogP contribution in [0.15, 0.2) is 12.7 Å². The SMILES string of the molecule is Cl.Nc1ncnc2c1ncn2[C@@H]1O[C@H](CO)[C@@H](O)C1(F)F. The Kier molecular flexibility index (Phi) is 3.97. The number of aromatic nitrogens is 4. The number of fused-ring (bicyclic) bond motifs is 1. The minimum Gasteiger partial charge on any atom is -0.394 e. The zero-order valence-electron chi connectivity index (χ0n) is 10.4. The number of aliphatic hydroxyl groups is 2. The number of rotatable bonds is 2. The standard InChI is InChI=1S/C10H11F2N5O3.ClH/c11-10(12)6(19)4(1-18)20-9(10)17-3-16-5-7(13)14-2-15-8(5)17;/h2-4,6,9,18-19H,1H2,(H2,13,14,15);1H/t4-,6-,9-;/m1./s1. The summed E-state index contributed by atoms with van der Waals surface area (Å²) in [5, 5.41) is 18.4. The Bertz CT molecular complexity index is 655. The summed E-state index contributed by atoms with van der Waals surface area (Å²) >= 11 is 0. The summed E-state index contributed by atoms with van der Waals surface area (Å²) in [6.45, 7) is -0.725. The van der Waals surface area contributed by atoms with Gasteiger partial charge in [-0.1, -0.05) is 0 Å². The van der Waals surface area contributed by atoms with Crippen LogP contribution < -0.4 is 5.73 Å². The lowest BCUT2D eigenvalue weighted by atomic mass is 10.1. The van der Waals surface area contributed by atoms with Crippen LogP contribution in [0.5, 0.6) is 0 Å². The molecule has 11 heteroatoms. The van der Waals surface area contributed by atoms with Crippen molar-refractivity contribution >= 4 is 29.4 Å². The Labute approximate surface area is 123 Å². The fraction of sp³-hybridized carbons (Fsp3) is 0.500. The average Bonchev–Trinajstić information content (AvgIpc) is 2.92. The first-order valence-corrected chi connectivity index (χ1v) is 5.72. The molecular formula is C10H12ClF2N5O3. The van der Waals surface area contributed by atoms with Gasteiger partial charge < -0.3 is 20.7 Å². The first kappa shape index (κ1) is 15.8. The maximum Gasteiger partial charge on any atom is 0.320 e. The molecule has 2 aromatic heterocycles. The highest BCUT2D eigenvalue weighted by molar-refractivity contribution is 5.85. The first-order valence-electron chi connectivity index (χ1n) is 5.72. The van der Waals surface area contributed by atoms with Crippen LogP contribution in [0.2, 0.25) is 0 Å². The molecule has 1 aliphatic heterocycles. The van der Waals surface area contributed by atoms with Crippen LogP contribution in [0.1, 0.15) is 6.23 Å². The van der Waals surface area contributed by atoms with E-state index in [1.807, 2.05) is 0 Å². The Balaban J connectivity index is 0.00000161. The fourth-order valence-corrected chi connectivity index (χ4v) is 2.16. The zero-order valence-corrected chi connectivity index (χ0v) is 11.2. The lowest BCUT2D eigenvalue weighted by Gasteiger charge is -2.20. The lowest BCUT2D eigenvalue weighted by Crippen LogP contribution is -2.39. The third kappa shape index (κ3) is 2.20. The van der Waals surface area contributed by atoms with Crippen LogP contribution in [0.3, 0.4) is 0 Å². The summed E-state index contributed by atoms with van der Waals surface area (Å²) in [5.74, 6) is -3.55. The van der Waals surface area contributed by atoms with Gasteiger partial charge in [0.15, 0.2) is 17.6 Å². The summed E-state index contributed by atoms with van der Waals surface area (Å²) in [5.41, 5.74) is 5.80. The van der Waals surface area contributed by atoms with Crippen molar-refractivity contribution in [2.45, 2.75) is 24.4 Å². The second-order valence-electron chi connectivity index (χ2n) is 4.41. The normalized spacial score (nSPS) is 27.7. The highest BCUT2D eigenvalue weighted by Gasteiger charge is 2.59. The monoisotopic (exact) mass is 323 g/mol. The molecule has 0 amide bonds. The van der Waals surface area contributed by atoms with Crippen molar-refractivity contribution in [2.24, 2.45) is 0 Å². The van der Waals surface area contributed by atoms with Gasteiger partial charge in [-0.15, -0.1) is 12.4 Å². The van der Waals surface area contributed by atoms with Crippen LogP contribution in [0.25, 0.3) is 11.2 Å². The molecule has 0 bridgehead atoms. The molecule has 8 nitrogen and oxygen atoms in total. The van der Waals surface area contributed by atoms with Gasteiger partial charge in [0.25, 0.3) is 0 Å². The molecule has 1 aliphatic rings. The summed E-state index contributed by atoms with van der Waals surface area (Å²) in [7, 11) is 0. The van der Waals surface area contributed by atoms with Gasteiger partial charge in [0.1, 0.15) is 17.9 Å². The molecule has 0 unspecified atom stereocenters. The summed E-state index contributed by atoms with van der Waals surface area (Å²) in [6, 6.07) is 0. The molecule has 2 aromatic rings. The van der Waals surface area contributed by atoms with Crippen LogP contribution in [0, 0.1) is 0 Å². The molecule has 116 valence electrons. The number of hydrogen-bond acceptors (Lipinski definition) is 7. The van der Waals surface area contributed by atoms with Crippen LogP contribution >= 0.6 is 12.4 Å². The van der Waals surface area contributed by atoms with E-state index in [4.69, 9.17) is 15.6 Å². The number of ether oxygens (including phenoxy) is 1. The average molecular weight is 324 g/mol. The second kappa shape index (κ2) is 5.30. The van der Waals surface area contributed by atoms with Gasteiger partial charge in [0, 0.05) is 0 Å². The molecule has 1 saturated heterocycles. The van der Waals surface area contributed by atoms with Crippen molar-refractivity contribution in [3.8, 4) is 0 Å². The summed E-state index contributed by atoms with van der Waals surface area (Å²) in [4.78, 5) is 11.4. The van der Waals surface area contributed by atoms with Gasteiger partial charge in [-0.05, 0) is 0 Å². The molecule has 0 radical (unpaired) electrons. The molecule has 3 heterocycles. The molecule has 0 spiro atoms. The molecule has 3 atom stereocenters. The maximum absolute atomic E-state index is 14.0. The van der Waals surface area contributed by atoms with Gasteiger partial charge in [-0.25, -0.2) is 15.0 Å². The van der Waals surface area contributed by atoms with E-state index >= 15 is 0 Å². The smallest absolute Gasteiger partial charge is 0.320 e. The Morgan fingerprint density at radius 3 is 2.71 bits per heavy atom. The highest BCUT2D eigenvalue weighted by Crippen LogP contribution is 2.43. The molecule has 0 aromatic carbocycles. The predicted molar refractivity (Wildman–Crippen MR) is 68.9 cm³/mol. The molecule has 3 rings (SSSR count). The van der Waals surface area contributed by atoms with Crippen molar-refractivity contribution in [2.75, 3.05) is 12.3 Å². The third-order valence-corrected chi connectivity index (χ3v) is 3.20. The molecule has 21 heavy (non-hydrogen) atoms. The molecule has 1 fully saturated rings. The third-order valence-electron chi connectivity index (χ3n) is 3.20. The Hall–Kier alpha value is -1.62. The van der Waals surface area contributed by atoms with E-state index in [1.165, 1.54) is 0 Å². The van der Waals surface area contributed by atoms with Crippen molar-refractivity contribution in [1.82, 2.24) is 19.5 Å². The van der Waals surface area contributed by atoms with E-state index in [0.717, 1.165) is 17.2 Å². The quantitative estimate of drug-likeness (QED) is 0.695. The van der Waals surface area contributed by atoms with E-state index in [0.29, 0.717) is 0 Å². The minimum absolute atomic E-state index is 0. The van der Waals surface area contributed by atoms with Gasteiger partial charge in [0.05, 0.1) is 12.9 Å². The number of alkyl halides is 2. The van der Waals surface area contributed by atoms with E-state index in [2.05, 4.69) is 15.0 Å². The summed E-state index contributed by atoms with van der Waals surface area (Å²) < 4.78 is 34.0. The molecule has 0 saturated carbocycles. The number of aliphatic hydroxyl groups excluding tert-OH is 2. The molecule has 4 N–H and O–H groups in total. The van der Waals surface area contributed by atoms with Gasteiger partial charge in [-0.3, -0.25) is 4.57 Å². The van der Waals surface area contributed by atoms with Crippen molar-refractivity contribution in [1.29, 1.82) is 0 Å². The van der Waals surface area contributed by atoms with E-state index in [1.54, 1.807) is 0 Å². The first-order chi connectivity index (χ1) is 9.46. The van der Waals surface area contributed by atoms with Gasteiger partial charge >= 0.3 is 5.92 Å². The summed E-state index contributed by atoms with van der Waals surface area (Å²) in [6.07, 6.45) is -3.13. The van der Waals surface area contributed by atoms with Crippen LogP contribution in [-0.2, 0) is 4.74 Å². The Morgan fingerprint density at radius 2 is 2.10 bits per heavy atom. The topological polar surface area (TPSA) is 119 Å². The molecule has 0 aliphatic carbocycles. The lowest BCUT2D eigenvalue weighted by molar-refractivity contribution is -0.138. The van der Waals surface area contributed by atoms with Gasteiger partial charge in [-0.2, -0.15) is 8.78 Å². The largest absolute Gasteiger partial charge is 0.394 e.